The van der Waals surface area contributed by atoms with Gasteiger partial charge in [0.25, 0.3) is 0 Å². The van der Waals surface area contributed by atoms with Crippen LogP contribution in [0.25, 0.3) is 0 Å². The minimum absolute atomic E-state index is 0.0274. The molecule has 1 saturated carbocycles. The Bertz CT molecular complexity index is 382. The van der Waals surface area contributed by atoms with Crippen molar-refractivity contribution in [2.75, 3.05) is 0 Å². The lowest BCUT2D eigenvalue weighted by molar-refractivity contribution is 0.0966. The maximum atomic E-state index is 6.02. The van der Waals surface area contributed by atoms with Gasteiger partial charge in [0, 0.05) is 18.3 Å². The molecule has 1 aromatic rings. The van der Waals surface area contributed by atoms with Crippen molar-refractivity contribution >= 4 is 0 Å². The first-order valence-electron chi connectivity index (χ1n) is 6.92. The van der Waals surface area contributed by atoms with Gasteiger partial charge in [-0.25, -0.2) is 4.98 Å². The third kappa shape index (κ3) is 3.45. The zero-order valence-corrected chi connectivity index (χ0v) is 11.6. The zero-order chi connectivity index (χ0) is 13.1. The fraction of sp³-hybridized carbons (Fsp3) is 0.667. The van der Waals surface area contributed by atoms with Crippen molar-refractivity contribution in [2.45, 2.75) is 52.2 Å². The monoisotopic (exact) mass is 248 g/mol. The number of pyridine rings is 1. The normalized spacial score (nSPS) is 29.9. The lowest BCUT2D eigenvalue weighted by atomic mass is 9.82. The number of hydrogen-bond donors (Lipinski definition) is 1. The van der Waals surface area contributed by atoms with Crippen molar-refractivity contribution in [2.24, 2.45) is 17.6 Å². The van der Waals surface area contributed by atoms with E-state index in [0.717, 1.165) is 36.1 Å². The molecule has 0 aromatic carbocycles. The van der Waals surface area contributed by atoms with Crippen LogP contribution in [0.5, 0.6) is 5.88 Å². The SMILES string of the molecule is CC1CC(C)CC(Oc2cc(C(C)N)ccn2)C1. The van der Waals surface area contributed by atoms with Gasteiger partial charge in [-0.15, -0.1) is 0 Å². The van der Waals surface area contributed by atoms with Gasteiger partial charge in [0.2, 0.25) is 5.88 Å². The van der Waals surface area contributed by atoms with E-state index in [1.807, 2.05) is 19.1 Å². The Kier molecular flexibility index (Phi) is 4.23. The van der Waals surface area contributed by atoms with E-state index in [9.17, 15) is 0 Å². The standard InChI is InChI=1S/C15H24N2O/c1-10-6-11(2)8-14(7-10)18-15-9-13(12(3)16)4-5-17-15/h4-5,9-12,14H,6-8,16H2,1-3H3. The van der Waals surface area contributed by atoms with Crippen molar-refractivity contribution < 1.29 is 4.74 Å². The van der Waals surface area contributed by atoms with E-state index in [4.69, 9.17) is 10.5 Å². The highest BCUT2D eigenvalue weighted by Crippen LogP contribution is 2.31. The van der Waals surface area contributed by atoms with Crippen molar-refractivity contribution in [1.82, 2.24) is 4.98 Å². The molecule has 3 unspecified atom stereocenters. The van der Waals surface area contributed by atoms with Crippen LogP contribution in [0.2, 0.25) is 0 Å². The van der Waals surface area contributed by atoms with Crippen LogP contribution in [-0.2, 0) is 0 Å². The second-order valence-electron chi connectivity index (χ2n) is 5.87. The highest BCUT2D eigenvalue weighted by Gasteiger charge is 2.25. The van der Waals surface area contributed by atoms with E-state index in [-0.39, 0.29) is 6.04 Å². The molecule has 0 bridgehead atoms. The molecule has 2 rings (SSSR count). The van der Waals surface area contributed by atoms with Crippen molar-refractivity contribution in [3.63, 3.8) is 0 Å². The molecule has 0 saturated heterocycles. The van der Waals surface area contributed by atoms with Gasteiger partial charge in [-0.2, -0.15) is 0 Å². The summed E-state index contributed by atoms with van der Waals surface area (Å²) in [5.41, 5.74) is 6.96. The Morgan fingerprint density at radius 3 is 2.56 bits per heavy atom. The molecule has 1 aliphatic carbocycles. The van der Waals surface area contributed by atoms with Gasteiger partial charge < -0.3 is 10.5 Å². The van der Waals surface area contributed by atoms with Crippen LogP contribution in [-0.4, -0.2) is 11.1 Å². The first kappa shape index (κ1) is 13.3. The summed E-state index contributed by atoms with van der Waals surface area (Å²) >= 11 is 0. The maximum absolute atomic E-state index is 6.02. The smallest absolute Gasteiger partial charge is 0.213 e. The third-order valence-corrected chi connectivity index (χ3v) is 3.71. The fourth-order valence-electron chi connectivity index (χ4n) is 2.91. The number of hydrogen-bond acceptors (Lipinski definition) is 3. The van der Waals surface area contributed by atoms with E-state index in [1.54, 1.807) is 6.20 Å². The average Bonchev–Trinajstić information content (AvgIpc) is 2.27. The Labute approximate surface area is 110 Å². The fourth-order valence-corrected chi connectivity index (χ4v) is 2.91. The lowest BCUT2D eigenvalue weighted by Gasteiger charge is -2.31. The van der Waals surface area contributed by atoms with Gasteiger partial charge in [-0.3, -0.25) is 0 Å². The molecule has 3 nitrogen and oxygen atoms in total. The number of nitrogens with two attached hydrogens (primary N) is 1. The van der Waals surface area contributed by atoms with Crippen LogP contribution >= 0.6 is 0 Å². The maximum Gasteiger partial charge on any atom is 0.213 e. The molecule has 0 amide bonds. The summed E-state index contributed by atoms with van der Waals surface area (Å²) in [6, 6.07) is 3.94. The zero-order valence-electron chi connectivity index (χ0n) is 11.6. The van der Waals surface area contributed by atoms with Crippen LogP contribution in [0.4, 0.5) is 0 Å². The van der Waals surface area contributed by atoms with Crippen LogP contribution in [0, 0.1) is 11.8 Å². The molecule has 1 fully saturated rings. The van der Waals surface area contributed by atoms with E-state index in [2.05, 4.69) is 18.8 Å². The quantitative estimate of drug-likeness (QED) is 0.892. The largest absolute Gasteiger partial charge is 0.474 e. The van der Waals surface area contributed by atoms with Crippen LogP contribution < -0.4 is 10.5 Å². The summed E-state index contributed by atoms with van der Waals surface area (Å²) in [5, 5.41) is 0. The van der Waals surface area contributed by atoms with E-state index < -0.39 is 0 Å². The van der Waals surface area contributed by atoms with Gasteiger partial charge >= 0.3 is 0 Å². The molecule has 0 spiro atoms. The molecule has 1 aliphatic rings. The second-order valence-corrected chi connectivity index (χ2v) is 5.87. The van der Waals surface area contributed by atoms with Crippen LogP contribution in [0.1, 0.15) is 51.6 Å². The number of rotatable bonds is 3. The number of nitrogens with zero attached hydrogens (tertiary/aromatic N) is 1. The van der Waals surface area contributed by atoms with Gasteiger partial charge in [0.1, 0.15) is 6.10 Å². The molecule has 1 heterocycles. The van der Waals surface area contributed by atoms with Crippen molar-refractivity contribution in [3.8, 4) is 5.88 Å². The predicted molar refractivity (Wildman–Crippen MR) is 73.4 cm³/mol. The van der Waals surface area contributed by atoms with Crippen LogP contribution in [0.15, 0.2) is 18.3 Å². The van der Waals surface area contributed by atoms with E-state index in [0.29, 0.717) is 6.10 Å². The summed E-state index contributed by atoms with van der Waals surface area (Å²) in [6.45, 7) is 6.58. The van der Waals surface area contributed by atoms with Crippen molar-refractivity contribution in [3.05, 3.63) is 23.9 Å². The number of aromatic nitrogens is 1. The molecule has 1 aromatic heterocycles. The van der Waals surface area contributed by atoms with E-state index in [1.165, 1.54) is 6.42 Å². The minimum Gasteiger partial charge on any atom is -0.474 e. The molecule has 3 heteroatoms. The highest BCUT2D eigenvalue weighted by molar-refractivity contribution is 5.23. The Hall–Kier alpha value is -1.09. The Balaban J connectivity index is 2.02. The highest BCUT2D eigenvalue weighted by atomic mass is 16.5. The van der Waals surface area contributed by atoms with Crippen molar-refractivity contribution in [1.29, 1.82) is 0 Å². The molecule has 0 aliphatic heterocycles. The summed E-state index contributed by atoms with van der Waals surface area (Å²) < 4.78 is 6.02. The summed E-state index contributed by atoms with van der Waals surface area (Å²) in [6.07, 6.45) is 5.67. The van der Waals surface area contributed by atoms with Gasteiger partial charge in [-0.1, -0.05) is 13.8 Å². The molecular formula is C15H24N2O. The molecule has 2 N–H and O–H groups in total. The predicted octanol–water partition coefficient (Wildman–Crippen LogP) is 3.30. The second kappa shape index (κ2) is 5.70. The van der Waals surface area contributed by atoms with Crippen LogP contribution in [0.3, 0.4) is 0 Å². The topological polar surface area (TPSA) is 48.1 Å². The average molecular weight is 248 g/mol. The Morgan fingerprint density at radius 1 is 1.28 bits per heavy atom. The summed E-state index contributed by atoms with van der Waals surface area (Å²) in [7, 11) is 0. The number of ether oxygens (including phenoxy) is 1. The summed E-state index contributed by atoms with van der Waals surface area (Å²) in [5.74, 6) is 2.21. The third-order valence-electron chi connectivity index (χ3n) is 3.71. The molecule has 18 heavy (non-hydrogen) atoms. The van der Waals surface area contributed by atoms with Gasteiger partial charge in [0.05, 0.1) is 0 Å². The molecule has 3 atom stereocenters. The summed E-state index contributed by atoms with van der Waals surface area (Å²) in [4.78, 5) is 4.29. The first-order chi connectivity index (χ1) is 8.54. The molecule has 0 radical (unpaired) electrons. The minimum atomic E-state index is 0.0274. The van der Waals surface area contributed by atoms with Gasteiger partial charge in [0.15, 0.2) is 0 Å². The lowest BCUT2D eigenvalue weighted by Crippen LogP contribution is -2.28. The van der Waals surface area contributed by atoms with Gasteiger partial charge in [-0.05, 0) is 49.7 Å². The molecule has 100 valence electrons. The Morgan fingerprint density at radius 2 is 1.94 bits per heavy atom. The van der Waals surface area contributed by atoms with E-state index >= 15 is 0 Å². The molecular weight excluding hydrogens is 224 g/mol. The first-order valence-corrected chi connectivity index (χ1v) is 6.92.